The molecule has 1 saturated carbocycles. The molecule has 21 heavy (non-hydrogen) atoms. The summed E-state index contributed by atoms with van der Waals surface area (Å²) in [6, 6.07) is 9.95. The minimum Gasteiger partial charge on any atom is -0.461 e. The zero-order chi connectivity index (χ0) is 14.7. The molecule has 0 spiro atoms. The maximum absolute atomic E-state index is 12.2. The van der Waals surface area contributed by atoms with Crippen LogP contribution in [0.25, 0.3) is 11.0 Å². The predicted octanol–water partition coefficient (Wildman–Crippen LogP) is 2.75. The van der Waals surface area contributed by atoms with Gasteiger partial charge in [0, 0.05) is 18.4 Å². The van der Waals surface area contributed by atoms with Crippen molar-refractivity contribution >= 4 is 16.9 Å². The summed E-state index contributed by atoms with van der Waals surface area (Å²) in [6.07, 6.45) is 5.57. The van der Waals surface area contributed by atoms with Gasteiger partial charge in [-0.15, -0.1) is 0 Å². The molecule has 0 atom stereocenters. The highest BCUT2D eigenvalue weighted by atomic mass is 16.3. The van der Waals surface area contributed by atoms with Gasteiger partial charge in [0.1, 0.15) is 11.3 Å². The molecule has 1 aromatic carbocycles. The van der Waals surface area contributed by atoms with Crippen molar-refractivity contribution in [1.29, 1.82) is 0 Å². The van der Waals surface area contributed by atoms with Crippen LogP contribution in [0.4, 0.5) is 0 Å². The fourth-order valence-corrected chi connectivity index (χ4v) is 3.05. The average Bonchev–Trinajstić information content (AvgIpc) is 2.90. The van der Waals surface area contributed by atoms with Crippen molar-refractivity contribution in [3.63, 3.8) is 0 Å². The van der Waals surface area contributed by atoms with E-state index in [9.17, 15) is 4.79 Å². The Labute approximate surface area is 124 Å². The molecule has 3 rings (SSSR count). The fourth-order valence-electron chi connectivity index (χ4n) is 3.05. The zero-order valence-electron chi connectivity index (χ0n) is 12.2. The fraction of sp³-hybridized carbons (Fsp3) is 0.471. The summed E-state index contributed by atoms with van der Waals surface area (Å²) in [5, 5.41) is 4.06. The Hall–Kier alpha value is -1.81. The van der Waals surface area contributed by atoms with Gasteiger partial charge in [-0.2, -0.15) is 0 Å². The van der Waals surface area contributed by atoms with E-state index in [1.54, 1.807) is 0 Å². The number of para-hydroxylation sites is 1. The van der Waals surface area contributed by atoms with E-state index in [0.29, 0.717) is 13.0 Å². The molecule has 1 fully saturated rings. The van der Waals surface area contributed by atoms with Crippen molar-refractivity contribution in [3.8, 4) is 0 Å². The summed E-state index contributed by atoms with van der Waals surface area (Å²) < 4.78 is 5.74. The molecule has 4 heteroatoms. The topological polar surface area (TPSA) is 68.3 Å². The molecule has 1 aromatic heterocycles. The van der Waals surface area contributed by atoms with E-state index < -0.39 is 5.54 Å². The second-order valence-corrected chi connectivity index (χ2v) is 5.97. The van der Waals surface area contributed by atoms with Crippen molar-refractivity contribution in [3.05, 3.63) is 36.1 Å². The average molecular weight is 286 g/mol. The smallest absolute Gasteiger partial charge is 0.240 e. The third-order valence-electron chi connectivity index (χ3n) is 4.33. The van der Waals surface area contributed by atoms with Gasteiger partial charge in [-0.05, 0) is 25.0 Å². The van der Waals surface area contributed by atoms with Crippen LogP contribution in [0, 0.1) is 0 Å². The van der Waals surface area contributed by atoms with Crippen LogP contribution in [-0.4, -0.2) is 18.0 Å². The van der Waals surface area contributed by atoms with Crippen LogP contribution in [0.15, 0.2) is 34.7 Å². The van der Waals surface area contributed by atoms with Crippen molar-refractivity contribution in [1.82, 2.24) is 5.32 Å². The maximum atomic E-state index is 12.2. The Kier molecular flexibility index (Phi) is 3.97. The lowest BCUT2D eigenvalue weighted by atomic mass is 9.82. The van der Waals surface area contributed by atoms with E-state index in [0.717, 1.165) is 42.4 Å². The maximum Gasteiger partial charge on any atom is 0.240 e. The summed E-state index contributed by atoms with van der Waals surface area (Å²) in [6.45, 7) is 0.567. The van der Waals surface area contributed by atoms with Gasteiger partial charge in [-0.25, -0.2) is 0 Å². The Morgan fingerprint density at radius 3 is 2.76 bits per heavy atom. The number of rotatable bonds is 4. The molecular weight excluding hydrogens is 264 g/mol. The second-order valence-electron chi connectivity index (χ2n) is 5.97. The van der Waals surface area contributed by atoms with Crippen molar-refractivity contribution < 1.29 is 9.21 Å². The Morgan fingerprint density at radius 2 is 2.00 bits per heavy atom. The summed E-state index contributed by atoms with van der Waals surface area (Å²) in [7, 11) is 0. The molecule has 112 valence electrons. The first-order valence-electron chi connectivity index (χ1n) is 7.72. The standard InChI is InChI=1S/C17H22N2O2/c18-17(9-4-1-5-10-17)16(20)19-11-8-14-12-13-6-2-3-7-15(13)21-14/h2-3,6-7,12H,1,4-5,8-11,18H2,(H,19,20). The van der Waals surface area contributed by atoms with E-state index >= 15 is 0 Å². The van der Waals surface area contributed by atoms with Gasteiger partial charge >= 0.3 is 0 Å². The van der Waals surface area contributed by atoms with Gasteiger partial charge < -0.3 is 15.5 Å². The first kappa shape index (κ1) is 14.1. The quantitative estimate of drug-likeness (QED) is 0.908. The van der Waals surface area contributed by atoms with Crippen LogP contribution in [0.5, 0.6) is 0 Å². The number of fused-ring (bicyclic) bond motifs is 1. The van der Waals surface area contributed by atoms with Crippen LogP contribution >= 0.6 is 0 Å². The molecule has 0 bridgehead atoms. The largest absolute Gasteiger partial charge is 0.461 e. The molecule has 0 aliphatic heterocycles. The highest BCUT2D eigenvalue weighted by Gasteiger charge is 2.34. The monoisotopic (exact) mass is 286 g/mol. The third kappa shape index (κ3) is 3.10. The van der Waals surface area contributed by atoms with E-state index in [1.165, 1.54) is 6.42 Å². The van der Waals surface area contributed by atoms with Gasteiger partial charge in [0.15, 0.2) is 0 Å². The lowest BCUT2D eigenvalue weighted by Gasteiger charge is -2.31. The molecular formula is C17H22N2O2. The number of hydrogen-bond acceptors (Lipinski definition) is 3. The summed E-state index contributed by atoms with van der Waals surface area (Å²) in [4.78, 5) is 12.2. The Morgan fingerprint density at radius 1 is 1.24 bits per heavy atom. The van der Waals surface area contributed by atoms with Crippen molar-refractivity contribution in [2.75, 3.05) is 6.54 Å². The number of nitrogens with two attached hydrogens (primary N) is 1. The molecule has 0 unspecified atom stereocenters. The van der Waals surface area contributed by atoms with E-state index in [-0.39, 0.29) is 5.91 Å². The minimum atomic E-state index is -0.661. The molecule has 2 aromatic rings. The van der Waals surface area contributed by atoms with Crippen LogP contribution in [0.3, 0.4) is 0 Å². The number of carbonyl (C=O) groups excluding carboxylic acids is 1. The number of carbonyl (C=O) groups is 1. The molecule has 1 amide bonds. The van der Waals surface area contributed by atoms with E-state index in [2.05, 4.69) is 5.32 Å². The van der Waals surface area contributed by atoms with Gasteiger partial charge in [0.2, 0.25) is 5.91 Å². The lowest BCUT2D eigenvalue weighted by molar-refractivity contribution is -0.127. The molecule has 3 N–H and O–H groups in total. The SMILES string of the molecule is NC1(C(=O)NCCc2cc3ccccc3o2)CCCCC1. The van der Waals surface area contributed by atoms with Gasteiger partial charge in [0.05, 0.1) is 5.54 Å². The summed E-state index contributed by atoms with van der Waals surface area (Å²) in [5.41, 5.74) is 6.44. The summed E-state index contributed by atoms with van der Waals surface area (Å²) in [5.74, 6) is 0.879. The zero-order valence-corrected chi connectivity index (χ0v) is 12.2. The van der Waals surface area contributed by atoms with Crippen LogP contribution in [0.1, 0.15) is 37.9 Å². The normalized spacial score (nSPS) is 17.8. The van der Waals surface area contributed by atoms with Gasteiger partial charge in [-0.3, -0.25) is 4.79 Å². The van der Waals surface area contributed by atoms with Gasteiger partial charge in [0.25, 0.3) is 0 Å². The van der Waals surface area contributed by atoms with Crippen LogP contribution in [0.2, 0.25) is 0 Å². The van der Waals surface area contributed by atoms with E-state index in [4.69, 9.17) is 10.2 Å². The first-order chi connectivity index (χ1) is 10.2. The van der Waals surface area contributed by atoms with E-state index in [1.807, 2.05) is 30.3 Å². The van der Waals surface area contributed by atoms with Gasteiger partial charge in [-0.1, -0.05) is 37.5 Å². The molecule has 0 radical (unpaired) electrons. The first-order valence-corrected chi connectivity index (χ1v) is 7.72. The number of amides is 1. The predicted molar refractivity (Wildman–Crippen MR) is 82.9 cm³/mol. The molecule has 1 aliphatic rings. The minimum absolute atomic E-state index is 0.0155. The number of furan rings is 1. The number of benzene rings is 1. The summed E-state index contributed by atoms with van der Waals surface area (Å²) >= 11 is 0. The highest BCUT2D eigenvalue weighted by molar-refractivity contribution is 5.86. The Balaban J connectivity index is 1.54. The molecule has 0 saturated heterocycles. The molecule has 1 heterocycles. The van der Waals surface area contributed by atoms with Crippen molar-refractivity contribution in [2.24, 2.45) is 5.73 Å². The van der Waals surface area contributed by atoms with Crippen molar-refractivity contribution in [2.45, 2.75) is 44.1 Å². The second kappa shape index (κ2) is 5.90. The third-order valence-corrected chi connectivity index (χ3v) is 4.33. The number of nitrogens with one attached hydrogen (secondary N) is 1. The highest BCUT2D eigenvalue weighted by Crippen LogP contribution is 2.26. The molecule has 4 nitrogen and oxygen atoms in total. The molecule has 1 aliphatic carbocycles. The Bertz CT molecular complexity index is 594. The lowest BCUT2D eigenvalue weighted by Crippen LogP contribution is -2.55. The number of hydrogen-bond donors (Lipinski definition) is 2. The van der Waals surface area contributed by atoms with Crippen LogP contribution < -0.4 is 11.1 Å². The van der Waals surface area contributed by atoms with Crippen LogP contribution in [-0.2, 0) is 11.2 Å².